The summed E-state index contributed by atoms with van der Waals surface area (Å²) in [5.74, 6) is -0.737. The standard InChI is InChI=1S/C14H12N4O3S/c1-7-10(5-15)13(16)22-12(7)14(21)18-17-6-8-2-3-9(19)4-11(8)20/h2-4,6,19-20H,16H2,1H3,(H,18,21). The molecular formula is C14H12N4O3S. The molecule has 0 bridgehead atoms. The zero-order chi connectivity index (χ0) is 16.3. The molecule has 22 heavy (non-hydrogen) atoms. The molecule has 0 saturated carbocycles. The van der Waals surface area contributed by atoms with Crippen molar-refractivity contribution in [3.05, 3.63) is 39.8 Å². The van der Waals surface area contributed by atoms with E-state index < -0.39 is 5.91 Å². The molecule has 2 aromatic rings. The monoisotopic (exact) mass is 316 g/mol. The average molecular weight is 316 g/mol. The number of rotatable bonds is 3. The van der Waals surface area contributed by atoms with E-state index in [1.54, 1.807) is 6.92 Å². The van der Waals surface area contributed by atoms with Crippen LogP contribution in [-0.4, -0.2) is 22.3 Å². The molecule has 112 valence electrons. The van der Waals surface area contributed by atoms with E-state index in [0.29, 0.717) is 16.0 Å². The Labute approximate surface area is 129 Å². The molecule has 2 rings (SSSR count). The van der Waals surface area contributed by atoms with Crippen LogP contribution in [-0.2, 0) is 0 Å². The molecule has 0 saturated heterocycles. The van der Waals surface area contributed by atoms with Gasteiger partial charge in [-0.1, -0.05) is 0 Å². The van der Waals surface area contributed by atoms with Gasteiger partial charge in [0, 0.05) is 11.6 Å². The number of carbonyl (C=O) groups excluding carboxylic acids is 1. The van der Waals surface area contributed by atoms with E-state index in [2.05, 4.69) is 10.5 Å². The Hall–Kier alpha value is -3.05. The summed E-state index contributed by atoms with van der Waals surface area (Å²) in [6.07, 6.45) is 1.24. The number of benzene rings is 1. The van der Waals surface area contributed by atoms with Crippen molar-refractivity contribution in [3.8, 4) is 17.6 Å². The zero-order valence-corrected chi connectivity index (χ0v) is 12.3. The van der Waals surface area contributed by atoms with Gasteiger partial charge in [-0.15, -0.1) is 11.3 Å². The van der Waals surface area contributed by atoms with Gasteiger partial charge in [-0.25, -0.2) is 5.43 Å². The van der Waals surface area contributed by atoms with Gasteiger partial charge < -0.3 is 15.9 Å². The van der Waals surface area contributed by atoms with E-state index in [-0.39, 0.29) is 22.1 Å². The van der Waals surface area contributed by atoms with Crippen molar-refractivity contribution in [2.45, 2.75) is 6.92 Å². The smallest absolute Gasteiger partial charge is 0.281 e. The van der Waals surface area contributed by atoms with Crippen LogP contribution in [0.5, 0.6) is 11.5 Å². The van der Waals surface area contributed by atoms with Crippen LogP contribution in [0.25, 0.3) is 0 Å². The highest BCUT2D eigenvalue weighted by atomic mass is 32.1. The first kappa shape index (κ1) is 15.3. The second kappa shape index (κ2) is 6.15. The predicted molar refractivity (Wildman–Crippen MR) is 83.0 cm³/mol. The Bertz CT molecular complexity index is 805. The molecule has 1 aromatic carbocycles. The lowest BCUT2D eigenvalue weighted by Gasteiger charge is -2.00. The Morgan fingerprint density at radius 1 is 1.50 bits per heavy atom. The Balaban J connectivity index is 2.13. The fraction of sp³-hybridized carbons (Fsp3) is 0.0714. The Morgan fingerprint density at radius 3 is 2.82 bits per heavy atom. The van der Waals surface area contributed by atoms with E-state index in [0.717, 1.165) is 17.4 Å². The topological polar surface area (TPSA) is 132 Å². The highest BCUT2D eigenvalue weighted by Crippen LogP contribution is 2.29. The van der Waals surface area contributed by atoms with Crippen LogP contribution in [0, 0.1) is 18.3 Å². The molecule has 0 aliphatic heterocycles. The summed E-state index contributed by atoms with van der Waals surface area (Å²) in [7, 11) is 0. The van der Waals surface area contributed by atoms with Gasteiger partial charge in [0.1, 0.15) is 27.4 Å². The fourth-order valence-electron chi connectivity index (χ4n) is 1.74. The minimum absolute atomic E-state index is 0.0765. The van der Waals surface area contributed by atoms with E-state index in [4.69, 9.17) is 11.0 Å². The third-order valence-corrected chi connectivity index (χ3v) is 4.00. The summed E-state index contributed by atoms with van der Waals surface area (Å²) in [6, 6.07) is 5.93. The number of amides is 1. The fourth-order valence-corrected chi connectivity index (χ4v) is 2.66. The number of thiophene rings is 1. The van der Waals surface area contributed by atoms with Gasteiger partial charge in [0.05, 0.1) is 11.8 Å². The van der Waals surface area contributed by atoms with E-state index in [9.17, 15) is 15.0 Å². The lowest BCUT2D eigenvalue weighted by atomic mass is 10.2. The van der Waals surface area contributed by atoms with Crippen LogP contribution in [0.2, 0.25) is 0 Å². The van der Waals surface area contributed by atoms with Gasteiger partial charge in [-0.05, 0) is 24.6 Å². The lowest BCUT2D eigenvalue weighted by Crippen LogP contribution is -2.17. The van der Waals surface area contributed by atoms with Gasteiger partial charge in [0.2, 0.25) is 0 Å². The SMILES string of the molecule is Cc1c(C(=O)NN=Cc2ccc(O)cc2O)sc(N)c1C#N. The molecule has 0 spiro atoms. The van der Waals surface area contributed by atoms with Crippen LogP contribution in [0.4, 0.5) is 5.00 Å². The third-order valence-electron chi connectivity index (χ3n) is 2.88. The summed E-state index contributed by atoms with van der Waals surface area (Å²) in [5.41, 5.74) is 9.09. The lowest BCUT2D eigenvalue weighted by molar-refractivity contribution is 0.0958. The molecule has 0 unspecified atom stereocenters. The number of carbonyl (C=O) groups is 1. The number of nitrogens with two attached hydrogens (primary N) is 1. The molecule has 5 N–H and O–H groups in total. The Kier molecular flexibility index (Phi) is 4.29. The number of nitrogens with zero attached hydrogens (tertiary/aromatic N) is 2. The molecule has 0 aliphatic rings. The van der Waals surface area contributed by atoms with Crippen molar-refractivity contribution in [1.82, 2.24) is 5.43 Å². The number of nitriles is 1. The molecule has 0 aliphatic carbocycles. The van der Waals surface area contributed by atoms with Gasteiger partial charge in [-0.3, -0.25) is 4.79 Å². The van der Waals surface area contributed by atoms with Crippen LogP contribution in [0.15, 0.2) is 23.3 Å². The maximum atomic E-state index is 12.0. The van der Waals surface area contributed by atoms with Crippen molar-refractivity contribution >= 4 is 28.5 Å². The number of hydrazone groups is 1. The number of phenols is 2. The second-order valence-corrected chi connectivity index (χ2v) is 5.40. The van der Waals surface area contributed by atoms with E-state index in [1.807, 2.05) is 6.07 Å². The molecule has 8 heteroatoms. The predicted octanol–water partition coefficient (Wildman–Crippen LogP) is 1.69. The summed E-state index contributed by atoms with van der Waals surface area (Å²) in [6.45, 7) is 1.63. The molecule has 0 radical (unpaired) electrons. The molecule has 1 heterocycles. The summed E-state index contributed by atoms with van der Waals surface area (Å²) >= 11 is 1.01. The highest BCUT2D eigenvalue weighted by Gasteiger charge is 2.18. The van der Waals surface area contributed by atoms with Crippen LogP contribution >= 0.6 is 11.3 Å². The summed E-state index contributed by atoms with van der Waals surface area (Å²) < 4.78 is 0. The second-order valence-electron chi connectivity index (χ2n) is 4.35. The molecular weight excluding hydrogens is 304 g/mol. The number of hydrogen-bond donors (Lipinski definition) is 4. The van der Waals surface area contributed by atoms with E-state index in [1.165, 1.54) is 18.3 Å². The largest absolute Gasteiger partial charge is 0.508 e. The van der Waals surface area contributed by atoms with Crippen LogP contribution < -0.4 is 11.2 Å². The van der Waals surface area contributed by atoms with Crippen molar-refractivity contribution in [3.63, 3.8) is 0 Å². The zero-order valence-electron chi connectivity index (χ0n) is 11.5. The van der Waals surface area contributed by atoms with Crippen molar-refractivity contribution in [2.75, 3.05) is 5.73 Å². The first-order valence-corrected chi connectivity index (χ1v) is 6.90. The maximum absolute atomic E-state index is 12.0. The number of anilines is 1. The number of nitrogens with one attached hydrogen (secondary N) is 1. The third kappa shape index (κ3) is 2.99. The molecule has 0 fully saturated rings. The summed E-state index contributed by atoms with van der Waals surface area (Å²) in [4.78, 5) is 12.3. The first-order chi connectivity index (χ1) is 10.4. The van der Waals surface area contributed by atoms with Gasteiger partial charge in [-0.2, -0.15) is 10.4 Å². The Morgan fingerprint density at radius 2 is 2.23 bits per heavy atom. The molecule has 1 aromatic heterocycles. The number of nitrogen functional groups attached to an aromatic ring is 1. The molecule has 0 atom stereocenters. The molecule has 1 amide bonds. The highest BCUT2D eigenvalue weighted by molar-refractivity contribution is 7.18. The normalized spacial score (nSPS) is 10.5. The van der Waals surface area contributed by atoms with Gasteiger partial charge >= 0.3 is 0 Å². The van der Waals surface area contributed by atoms with Gasteiger partial charge in [0.15, 0.2) is 0 Å². The quantitative estimate of drug-likeness (QED) is 0.505. The van der Waals surface area contributed by atoms with E-state index >= 15 is 0 Å². The van der Waals surface area contributed by atoms with Crippen molar-refractivity contribution in [2.24, 2.45) is 5.10 Å². The first-order valence-electron chi connectivity index (χ1n) is 6.08. The number of aromatic hydroxyl groups is 2. The number of hydrogen-bond acceptors (Lipinski definition) is 7. The molecule has 7 nitrogen and oxygen atoms in total. The van der Waals surface area contributed by atoms with Crippen molar-refractivity contribution < 1.29 is 15.0 Å². The maximum Gasteiger partial charge on any atom is 0.281 e. The number of phenolic OH excluding ortho intramolecular Hbond substituents is 2. The van der Waals surface area contributed by atoms with Crippen LogP contribution in [0.3, 0.4) is 0 Å². The average Bonchev–Trinajstić information content (AvgIpc) is 2.75. The van der Waals surface area contributed by atoms with Crippen LogP contribution in [0.1, 0.15) is 26.4 Å². The summed E-state index contributed by atoms with van der Waals surface area (Å²) in [5, 5.41) is 31.7. The van der Waals surface area contributed by atoms with Gasteiger partial charge in [0.25, 0.3) is 5.91 Å². The minimum Gasteiger partial charge on any atom is -0.508 e. The minimum atomic E-state index is -0.495. The van der Waals surface area contributed by atoms with Crippen molar-refractivity contribution in [1.29, 1.82) is 5.26 Å².